The zero-order valence-corrected chi connectivity index (χ0v) is 12.9. The largest absolute Gasteiger partial charge is 0.480 e. The van der Waals surface area contributed by atoms with Crippen LogP contribution in [-0.4, -0.2) is 42.1 Å². The highest BCUT2D eigenvalue weighted by Gasteiger charge is 2.40. The molecule has 1 amide bonds. The fraction of sp³-hybridized carbons (Fsp3) is 0.533. The summed E-state index contributed by atoms with van der Waals surface area (Å²) < 4.78 is 1.47. The number of amides is 1. The molecule has 122 valence electrons. The Bertz CT molecular complexity index is 747. The summed E-state index contributed by atoms with van der Waals surface area (Å²) in [6.07, 6.45) is 5.99. The van der Waals surface area contributed by atoms with Crippen molar-refractivity contribution in [2.75, 3.05) is 0 Å². The molecule has 1 saturated carbocycles. The van der Waals surface area contributed by atoms with Gasteiger partial charge >= 0.3 is 5.97 Å². The number of aromatic nitrogens is 4. The number of hydrogen-bond donors (Lipinski definition) is 2. The van der Waals surface area contributed by atoms with Crippen molar-refractivity contribution in [2.24, 2.45) is 0 Å². The van der Waals surface area contributed by atoms with Crippen LogP contribution >= 0.6 is 0 Å². The van der Waals surface area contributed by atoms with E-state index in [0.717, 1.165) is 31.4 Å². The van der Waals surface area contributed by atoms with Gasteiger partial charge in [0.2, 0.25) is 5.82 Å². The Hall–Kier alpha value is -2.51. The van der Waals surface area contributed by atoms with E-state index in [2.05, 4.69) is 20.4 Å². The third-order valence-electron chi connectivity index (χ3n) is 4.35. The molecule has 2 aromatic heterocycles. The Labute approximate surface area is 132 Å². The third-order valence-corrected chi connectivity index (χ3v) is 4.35. The SMILES string of the molecule is Cc1ccnc2nc(C(=O)NC3(C(=O)O)CCCCCC3)nn12. The Balaban J connectivity index is 1.88. The van der Waals surface area contributed by atoms with Gasteiger partial charge in [-0.15, -0.1) is 5.10 Å². The molecule has 0 aliphatic heterocycles. The first-order valence-electron chi connectivity index (χ1n) is 7.76. The minimum atomic E-state index is -1.23. The van der Waals surface area contributed by atoms with Gasteiger partial charge in [0.05, 0.1) is 0 Å². The highest BCUT2D eigenvalue weighted by atomic mass is 16.4. The molecule has 23 heavy (non-hydrogen) atoms. The molecule has 0 aromatic carbocycles. The van der Waals surface area contributed by atoms with Crippen molar-refractivity contribution in [1.29, 1.82) is 0 Å². The lowest BCUT2D eigenvalue weighted by Crippen LogP contribution is -2.54. The van der Waals surface area contributed by atoms with E-state index in [1.807, 2.05) is 6.92 Å². The fourth-order valence-electron chi connectivity index (χ4n) is 3.00. The van der Waals surface area contributed by atoms with E-state index in [0.29, 0.717) is 18.6 Å². The van der Waals surface area contributed by atoms with Gasteiger partial charge in [0.1, 0.15) is 5.54 Å². The molecule has 2 heterocycles. The first-order chi connectivity index (χ1) is 11.0. The molecule has 0 radical (unpaired) electrons. The Kier molecular flexibility index (Phi) is 3.97. The molecule has 0 atom stereocenters. The monoisotopic (exact) mass is 317 g/mol. The molecule has 2 N–H and O–H groups in total. The summed E-state index contributed by atoms with van der Waals surface area (Å²) in [6, 6.07) is 1.76. The average molecular weight is 317 g/mol. The number of carboxylic acids is 1. The predicted octanol–water partition coefficient (Wildman–Crippen LogP) is 1.34. The van der Waals surface area contributed by atoms with E-state index < -0.39 is 17.4 Å². The van der Waals surface area contributed by atoms with Crippen molar-refractivity contribution in [1.82, 2.24) is 24.9 Å². The van der Waals surface area contributed by atoms with Gasteiger partial charge in [0.25, 0.3) is 11.7 Å². The molecule has 8 nitrogen and oxygen atoms in total. The van der Waals surface area contributed by atoms with Crippen LogP contribution in [0.1, 0.15) is 54.8 Å². The van der Waals surface area contributed by atoms with E-state index in [9.17, 15) is 14.7 Å². The number of rotatable bonds is 3. The third kappa shape index (κ3) is 2.88. The fourth-order valence-corrected chi connectivity index (χ4v) is 3.00. The summed E-state index contributed by atoms with van der Waals surface area (Å²) in [6.45, 7) is 1.83. The van der Waals surface area contributed by atoms with E-state index in [1.165, 1.54) is 4.52 Å². The van der Waals surface area contributed by atoms with Crippen LogP contribution in [0.2, 0.25) is 0 Å². The van der Waals surface area contributed by atoms with Crippen LogP contribution in [0, 0.1) is 6.92 Å². The van der Waals surface area contributed by atoms with Gasteiger partial charge in [-0.05, 0) is 25.8 Å². The van der Waals surface area contributed by atoms with Crippen molar-refractivity contribution in [3.05, 3.63) is 23.8 Å². The van der Waals surface area contributed by atoms with Gasteiger partial charge < -0.3 is 10.4 Å². The quantitative estimate of drug-likeness (QED) is 0.827. The lowest BCUT2D eigenvalue weighted by Gasteiger charge is -2.28. The van der Waals surface area contributed by atoms with Gasteiger partial charge in [-0.1, -0.05) is 25.7 Å². The average Bonchev–Trinajstić information content (AvgIpc) is 2.82. The Morgan fingerprint density at radius 3 is 2.57 bits per heavy atom. The normalized spacial score (nSPS) is 17.6. The number of nitrogens with zero attached hydrogens (tertiary/aromatic N) is 4. The number of aliphatic carboxylic acids is 1. The van der Waals surface area contributed by atoms with Gasteiger partial charge in [-0.3, -0.25) is 4.79 Å². The van der Waals surface area contributed by atoms with Crippen LogP contribution in [0.5, 0.6) is 0 Å². The van der Waals surface area contributed by atoms with Crippen molar-refractivity contribution < 1.29 is 14.7 Å². The lowest BCUT2D eigenvalue weighted by atomic mass is 9.90. The Morgan fingerprint density at radius 2 is 1.96 bits per heavy atom. The standard InChI is InChI=1S/C15H19N5O3/c1-10-6-9-16-14-17-11(19-20(10)14)12(21)18-15(13(22)23)7-4-2-3-5-8-15/h6,9H,2-5,7-8H2,1H3,(H,18,21)(H,22,23). The summed E-state index contributed by atoms with van der Waals surface area (Å²) in [5.74, 6) is -1.30. The maximum Gasteiger partial charge on any atom is 0.329 e. The first kappa shape index (κ1) is 15.4. The minimum absolute atomic E-state index is 0.0586. The van der Waals surface area contributed by atoms with Crippen LogP contribution in [0.15, 0.2) is 12.3 Å². The highest BCUT2D eigenvalue weighted by Crippen LogP contribution is 2.27. The van der Waals surface area contributed by atoms with Crippen LogP contribution in [0.25, 0.3) is 5.78 Å². The molecule has 1 aliphatic carbocycles. The minimum Gasteiger partial charge on any atom is -0.480 e. The van der Waals surface area contributed by atoms with Crippen molar-refractivity contribution in [3.8, 4) is 0 Å². The molecular weight excluding hydrogens is 298 g/mol. The number of carboxylic acid groups (broad SMARTS) is 1. The van der Waals surface area contributed by atoms with Gasteiger partial charge in [-0.2, -0.15) is 4.98 Å². The smallest absolute Gasteiger partial charge is 0.329 e. The number of aryl methyl sites for hydroxylation is 1. The second-order valence-electron chi connectivity index (χ2n) is 5.99. The molecular formula is C15H19N5O3. The lowest BCUT2D eigenvalue weighted by molar-refractivity contribution is -0.145. The summed E-state index contributed by atoms with van der Waals surface area (Å²) in [5, 5.41) is 16.4. The highest BCUT2D eigenvalue weighted by molar-refractivity contribution is 5.95. The number of carbonyl (C=O) groups is 2. The van der Waals surface area contributed by atoms with Crippen LogP contribution in [0.4, 0.5) is 0 Å². The number of nitrogens with one attached hydrogen (secondary N) is 1. The van der Waals surface area contributed by atoms with Crippen LogP contribution in [-0.2, 0) is 4.79 Å². The number of fused-ring (bicyclic) bond motifs is 1. The van der Waals surface area contributed by atoms with E-state index in [-0.39, 0.29) is 5.82 Å². The van der Waals surface area contributed by atoms with Crippen LogP contribution < -0.4 is 5.32 Å². The van der Waals surface area contributed by atoms with Crippen LogP contribution in [0.3, 0.4) is 0 Å². The summed E-state index contributed by atoms with van der Waals surface area (Å²) in [7, 11) is 0. The number of hydrogen-bond acceptors (Lipinski definition) is 5. The molecule has 0 saturated heterocycles. The molecule has 8 heteroatoms. The molecule has 0 unspecified atom stereocenters. The Morgan fingerprint density at radius 1 is 1.26 bits per heavy atom. The molecule has 1 fully saturated rings. The summed E-state index contributed by atoms with van der Waals surface area (Å²) in [4.78, 5) is 32.4. The maximum atomic E-state index is 12.5. The van der Waals surface area contributed by atoms with E-state index in [1.54, 1.807) is 12.3 Å². The topological polar surface area (TPSA) is 109 Å². The molecule has 0 spiro atoms. The maximum absolute atomic E-state index is 12.5. The first-order valence-corrected chi connectivity index (χ1v) is 7.76. The second kappa shape index (κ2) is 5.94. The number of carbonyl (C=O) groups excluding carboxylic acids is 1. The predicted molar refractivity (Wildman–Crippen MR) is 81.1 cm³/mol. The van der Waals surface area contributed by atoms with E-state index >= 15 is 0 Å². The zero-order chi connectivity index (χ0) is 16.4. The summed E-state index contributed by atoms with van der Waals surface area (Å²) >= 11 is 0. The molecule has 0 bridgehead atoms. The molecule has 1 aliphatic rings. The second-order valence-corrected chi connectivity index (χ2v) is 5.99. The van der Waals surface area contributed by atoms with Gasteiger partial charge in [0.15, 0.2) is 0 Å². The molecule has 2 aromatic rings. The zero-order valence-electron chi connectivity index (χ0n) is 12.9. The summed E-state index contributed by atoms with van der Waals surface area (Å²) in [5.41, 5.74) is -0.433. The van der Waals surface area contributed by atoms with Crippen molar-refractivity contribution in [2.45, 2.75) is 51.0 Å². The van der Waals surface area contributed by atoms with Gasteiger partial charge in [0, 0.05) is 11.9 Å². The van der Waals surface area contributed by atoms with Gasteiger partial charge in [-0.25, -0.2) is 14.3 Å². The van der Waals surface area contributed by atoms with Crippen molar-refractivity contribution >= 4 is 17.7 Å². The van der Waals surface area contributed by atoms with Crippen molar-refractivity contribution in [3.63, 3.8) is 0 Å². The molecule has 3 rings (SSSR count). The van der Waals surface area contributed by atoms with E-state index in [4.69, 9.17) is 0 Å².